The van der Waals surface area contributed by atoms with Gasteiger partial charge in [-0.25, -0.2) is 14.4 Å². The van der Waals surface area contributed by atoms with Crippen LogP contribution in [0.5, 0.6) is 0 Å². The third-order valence-electron chi connectivity index (χ3n) is 12.0. The van der Waals surface area contributed by atoms with Crippen molar-refractivity contribution in [2.45, 2.75) is 208 Å². The first kappa shape index (κ1) is 73.4. The van der Waals surface area contributed by atoms with E-state index in [1.807, 2.05) is 0 Å². The Morgan fingerprint density at radius 2 is 1.06 bits per heavy atom. The van der Waals surface area contributed by atoms with Crippen LogP contribution in [0.4, 0.5) is 9.59 Å². The summed E-state index contributed by atoms with van der Waals surface area (Å²) < 4.78 is 26.9. The Kier molecular flexibility index (Phi) is 31.1. The zero-order chi connectivity index (χ0) is 62.9. The van der Waals surface area contributed by atoms with Gasteiger partial charge in [0, 0.05) is 6.54 Å². The van der Waals surface area contributed by atoms with E-state index in [-0.39, 0.29) is 51.5 Å². The normalized spacial score (nSPS) is 15.5. The number of hydrogen-bond acceptors (Lipinski definition) is 17. The molecule has 0 saturated heterocycles. The number of rotatable bonds is 32. The number of benzene rings is 1. The summed E-state index contributed by atoms with van der Waals surface area (Å²) in [5.41, 5.74) is -1.73. The Bertz CT molecular complexity index is 2250. The van der Waals surface area contributed by atoms with E-state index in [9.17, 15) is 58.2 Å². The van der Waals surface area contributed by atoms with Gasteiger partial charge in [-0.2, -0.15) is 0 Å². The first-order valence-electron chi connectivity index (χ1n) is 27.6. The Balaban J connectivity index is 3.51. The lowest BCUT2D eigenvalue weighted by molar-refractivity contribution is -0.149. The molecule has 1 rings (SSSR count). The molecule has 1 aromatic rings. The van der Waals surface area contributed by atoms with Crippen molar-refractivity contribution in [2.75, 3.05) is 33.4 Å². The first-order valence-corrected chi connectivity index (χ1v) is 27.6. The fraction of sp³-hybridized carbons (Fsp3) is 0.714. The Labute approximate surface area is 482 Å². The van der Waals surface area contributed by atoms with Crippen LogP contribution >= 0.6 is 0 Å². The van der Waals surface area contributed by atoms with Crippen LogP contribution in [0.3, 0.4) is 0 Å². The van der Waals surface area contributed by atoms with Crippen molar-refractivity contribution in [3.8, 4) is 0 Å². The zero-order valence-electron chi connectivity index (χ0n) is 51.0. The average Bonchev–Trinajstić information content (AvgIpc) is 3.42. The highest BCUT2D eigenvalue weighted by Gasteiger charge is 2.38. The number of methoxy groups -OCH3 is 1. The van der Waals surface area contributed by atoms with E-state index in [0.717, 1.165) is 7.11 Å². The molecule has 26 nitrogen and oxygen atoms in total. The van der Waals surface area contributed by atoms with E-state index in [1.54, 1.807) is 134 Å². The van der Waals surface area contributed by atoms with Crippen LogP contribution in [0.2, 0.25) is 0 Å². The molecule has 0 aliphatic carbocycles. The highest BCUT2D eigenvalue weighted by atomic mass is 16.6. The second kappa shape index (κ2) is 34.7. The Morgan fingerprint density at radius 3 is 1.57 bits per heavy atom. The van der Waals surface area contributed by atoms with Crippen LogP contribution in [-0.4, -0.2) is 174 Å². The predicted molar refractivity (Wildman–Crippen MR) is 302 cm³/mol. The molecule has 0 unspecified atom stereocenters. The summed E-state index contributed by atoms with van der Waals surface area (Å²) >= 11 is 0. The van der Waals surface area contributed by atoms with Crippen molar-refractivity contribution < 1.29 is 81.8 Å². The van der Waals surface area contributed by atoms with Crippen LogP contribution < -0.4 is 47.9 Å². The topological polar surface area (TPSA) is 366 Å². The largest absolute Gasteiger partial charge is 0.467 e. The molecule has 0 aliphatic heterocycles. The van der Waals surface area contributed by atoms with Crippen molar-refractivity contribution in [3.05, 3.63) is 35.9 Å². The van der Waals surface area contributed by atoms with Gasteiger partial charge in [0.1, 0.15) is 48.5 Å². The number of ether oxygens (including phenoxy) is 5. The molecule has 0 bridgehead atoms. The first-order chi connectivity index (χ1) is 37.9. The second-order valence-corrected chi connectivity index (χ2v) is 23.8. The number of carbonyl (C=O) groups is 10. The number of carbonyl (C=O) groups excluding carboxylic acids is 10. The van der Waals surface area contributed by atoms with E-state index >= 15 is 0 Å². The van der Waals surface area contributed by atoms with Crippen molar-refractivity contribution in [3.63, 3.8) is 0 Å². The number of alkyl carbamates (subject to hydrolysis) is 2. The van der Waals surface area contributed by atoms with Crippen molar-refractivity contribution in [1.29, 1.82) is 0 Å². The summed E-state index contributed by atoms with van der Waals surface area (Å²) in [6.07, 6.45) is -4.90. The monoisotopic (exact) mass is 1170 g/mol. The average molecular weight is 1170 g/mol. The van der Waals surface area contributed by atoms with Crippen LogP contribution in [0, 0.1) is 17.8 Å². The van der Waals surface area contributed by atoms with E-state index in [2.05, 4.69) is 47.9 Å². The maximum absolute atomic E-state index is 14.5. The lowest BCUT2D eigenvalue weighted by Gasteiger charge is -2.31. The molecule has 0 heterocycles. The van der Waals surface area contributed by atoms with E-state index in [0.29, 0.717) is 5.56 Å². The summed E-state index contributed by atoms with van der Waals surface area (Å²) in [4.78, 5) is 136. The predicted octanol–water partition coefficient (Wildman–Crippen LogP) is 1.51. The molecule has 0 aromatic heterocycles. The molecule has 0 saturated carbocycles. The number of aliphatic hydroxyl groups excluding tert-OH is 2. The lowest BCUT2D eigenvalue weighted by atomic mass is 9.96. The smallest absolute Gasteiger partial charge is 0.408 e. The molecule has 466 valence electrons. The zero-order valence-corrected chi connectivity index (χ0v) is 51.0. The third-order valence-corrected chi connectivity index (χ3v) is 12.0. The summed E-state index contributed by atoms with van der Waals surface area (Å²) in [5, 5.41) is 44.4. The van der Waals surface area contributed by atoms with E-state index < -0.39 is 149 Å². The third kappa shape index (κ3) is 29.4. The van der Waals surface area contributed by atoms with Gasteiger partial charge >= 0.3 is 18.2 Å². The van der Waals surface area contributed by atoms with Crippen molar-refractivity contribution in [1.82, 2.24) is 47.9 Å². The molecule has 0 fully saturated rings. The SMILES string of the molecule is CC[C@H](C)[C@H](NC(=O)[C@@H](CCNC(=O)OCc1ccccc1)NC(=O)[C@H](CC(C)C)NC(=O)[C@@H](NC(=O)OC(C)(C)C)[C@H](O)C(C)C)C(=O)N[C@H](C(=O)NCC(=O)N[C@@H](COC(C)(C)C)C(=O)N[C@@H](COC(C)(C)C)C(=O)OC)[C@H](C)O. The van der Waals surface area contributed by atoms with E-state index in [4.69, 9.17) is 23.7 Å². The van der Waals surface area contributed by atoms with Gasteiger partial charge in [0.25, 0.3) is 0 Å². The van der Waals surface area contributed by atoms with Crippen LogP contribution in [0.1, 0.15) is 136 Å². The molecule has 0 radical (unpaired) electrons. The quantitative estimate of drug-likeness (QED) is 0.0360. The standard InChI is InChI=1S/C56H95N9O17/c1-18-33(6)41(49(73)64-42(34(7)66)48(72)58-27-40(67)59-38(29-80-54(8,9)10)47(71)62-39(51(75)78-17)30-81-55(11,12)13)63-45(69)36(24-25-57-52(76)79-28-35-22-20-19-21-23-35)60-46(70)37(26-31(2)3)61-50(74)43(44(68)32(4)5)65-53(77)82-56(14,15)16/h19-23,31-34,36-39,41-44,66,68H,18,24-30H2,1-17H3,(H,57,76)(H,58,72)(H,59,67)(H,60,70)(H,61,74)(H,62,71)(H,63,69)(H,64,73)(H,65,77)/t33-,34-,36+,37-,38-,39-,41-,42-,43-,44+/m0/s1. The van der Waals surface area contributed by atoms with Gasteiger partial charge in [-0.05, 0) is 105 Å². The molecule has 26 heteroatoms. The molecule has 11 N–H and O–H groups in total. The van der Waals surface area contributed by atoms with Gasteiger partial charge in [0.2, 0.25) is 41.4 Å². The minimum atomic E-state index is -1.72. The maximum Gasteiger partial charge on any atom is 0.408 e. The van der Waals surface area contributed by atoms with Crippen LogP contribution in [-0.2, 0) is 68.6 Å². The molecule has 10 atom stereocenters. The highest BCUT2D eigenvalue weighted by Crippen LogP contribution is 2.15. The van der Waals surface area contributed by atoms with E-state index in [1.165, 1.54) is 6.92 Å². The van der Waals surface area contributed by atoms with Gasteiger partial charge in [-0.3, -0.25) is 33.6 Å². The molecule has 9 amide bonds. The Morgan fingerprint density at radius 1 is 0.549 bits per heavy atom. The molecule has 0 spiro atoms. The fourth-order valence-corrected chi connectivity index (χ4v) is 7.28. The summed E-state index contributed by atoms with van der Waals surface area (Å²) in [6.45, 7) is 24.8. The minimum Gasteiger partial charge on any atom is -0.467 e. The van der Waals surface area contributed by atoms with Crippen molar-refractivity contribution >= 4 is 59.5 Å². The van der Waals surface area contributed by atoms with Crippen molar-refractivity contribution in [2.24, 2.45) is 17.8 Å². The fourth-order valence-electron chi connectivity index (χ4n) is 7.28. The summed E-state index contributed by atoms with van der Waals surface area (Å²) in [5.74, 6) is -8.77. The molecule has 0 aliphatic rings. The number of amides is 9. The van der Waals surface area contributed by atoms with Crippen LogP contribution in [0.15, 0.2) is 30.3 Å². The van der Waals surface area contributed by atoms with Gasteiger partial charge < -0.3 is 81.7 Å². The summed E-state index contributed by atoms with van der Waals surface area (Å²) in [7, 11) is 1.13. The second-order valence-electron chi connectivity index (χ2n) is 23.8. The number of esters is 1. The Hall–Kier alpha value is -6.64. The lowest BCUT2D eigenvalue weighted by Crippen LogP contribution is -2.62. The van der Waals surface area contributed by atoms with Gasteiger partial charge in [-0.15, -0.1) is 0 Å². The summed E-state index contributed by atoms with van der Waals surface area (Å²) in [6, 6.07) is -1.50. The number of hydrogen-bond donors (Lipinski definition) is 11. The van der Waals surface area contributed by atoms with Gasteiger partial charge in [-0.1, -0.05) is 78.3 Å². The highest BCUT2D eigenvalue weighted by molar-refractivity contribution is 5.97. The number of nitrogens with one attached hydrogen (secondary N) is 9. The molecule has 82 heavy (non-hydrogen) atoms. The van der Waals surface area contributed by atoms with Crippen LogP contribution in [0.25, 0.3) is 0 Å². The molecular formula is C56H95N9O17. The minimum absolute atomic E-state index is 0.00193. The molecular weight excluding hydrogens is 1070 g/mol. The van der Waals surface area contributed by atoms with Gasteiger partial charge in [0.05, 0.1) is 50.3 Å². The number of aliphatic hydroxyl groups is 2. The maximum atomic E-state index is 14.5. The molecule has 1 aromatic carbocycles. The van der Waals surface area contributed by atoms with Gasteiger partial charge in [0.15, 0.2) is 6.04 Å².